The van der Waals surface area contributed by atoms with Crippen LogP contribution in [-0.4, -0.2) is 35.8 Å². The Labute approximate surface area is 146 Å². The minimum absolute atomic E-state index is 0.0631. The number of nitrogens with zero attached hydrogens (tertiary/aromatic N) is 1. The number of esters is 1. The summed E-state index contributed by atoms with van der Waals surface area (Å²) in [7, 11) is 0. The van der Waals surface area contributed by atoms with Gasteiger partial charge in [-0.3, -0.25) is 0 Å². The summed E-state index contributed by atoms with van der Waals surface area (Å²) in [4.78, 5) is 27.5. The van der Waals surface area contributed by atoms with Gasteiger partial charge in [0.1, 0.15) is 12.2 Å². The number of hydrogen-bond donors (Lipinski definition) is 1. The van der Waals surface area contributed by atoms with Gasteiger partial charge in [0.05, 0.1) is 17.8 Å². The van der Waals surface area contributed by atoms with Gasteiger partial charge in [-0.05, 0) is 39.0 Å². The lowest BCUT2D eigenvalue weighted by Crippen LogP contribution is -2.34. The number of benzene rings is 1. The molecule has 1 heterocycles. The number of nitrogens with one attached hydrogen (secondary N) is 1. The number of para-hydroxylation sites is 1. The average Bonchev–Trinajstić information content (AvgIpc) is 2.55. The van der Waals surface area contributed by atoms with Crippen molar-refractivity contribution in [1.29, 1.82) is 0 Å². The van der Waals surface area contributed by atoms with Gasteiger partial charge in [-0.2, -0.15) is 0 Å². The van der Waals surface area contributed by atoms with Gasteiger partial charge in [0.25, 0.3) is 0 Å². The van der Waals surface area contributed by atoms with Gasteiger partial charge in [0, 0.05) is 11.5 Å². The first-order valence-electron chi connectivity index (χ1n) is 8.01. The van der Waals surface area contributed by atoms with E-state index in [0.717, 1.165) is 10.9 Å². The first kappa shape index (κ1) is 18.4. The summed E-state index contributed by atoms with van der Waals surface area (Å²) in [5.41, 5.74) is 0.971. The summed E-state index contributed by atoms with van der Waals surface area (Å²) in [6, 6.07) is 11.5. The molecule has 0 saturated carbocycles. The Bertz CT molecular complexity index is 778. The van der Waals surface area contributed by atoms with Crippen molar-refractivity contribution in [2.75, 3.05) is 13.2 Å². The smallest absolute Gasteiger partial charge is 0.407 e. The predicted molar refractivity (Wildman–Crippen MR) is 96.0 cm³/mol. The molecule has 0 atom stereocenters. The van der Waals surface area contributed by atoms with Crippen LogP contribution in [0, 0.1) is 0 Å². The molecule has 0 bridgehead atoms. The monoisotopic (exact) mass is 342 g/mol. The maximum Gasteiger partial charge on any atom is 0.407 e. The van der Waals surface area contributed by atoms with Crippen LogP contribution in [0.2, 0.25) is 0 Å². The van der Waals surface area contributed by atoms with Gasteiger partial charge in [-0.15, -0.1) is 0 Å². The van der Waals surface area contributed by atoms with E-state index in [1.807, 2.05) is 36.4 Å². The minimum Gasteiger partial charge on any atom is -0.461 e. The fraction of sp³-hybridized carbons (Fsp3) is 0.316. The number of pyridine rings is 1. The highest BCUT2D eigenvalue weighted by molar-refractivity contribution is 5.87. The van der Waals surface area contributed by atoms with Crippen molar-refractivity contribution in [2.45, 2.75) is 26.4 Å². The maximum absolute atomic E-state index is 11.7. The topological polar surface area (TPSA) is 77.5 Å². The van der Waals surface area contributed by atoms with Crippen molar-refractivity contribution in [3.05, 3.63) is 48.2 Å². The normalized spacial score (nSPS) is 11.5. The Morgan fingerprint density at radius 2 is 1.92 bits per heavy atom. The molecule has 0 unspecified atom stereocenters. The summed E-state index contributed by atoms with van der Waals surface area (Å²) < 4.78 is 10.1. The number of aromatic nitrogens is 1. The number of hydrogen-bond acceptors (Lipinski definition) is 5. The second-order valence-electron chi connectivity index (χ2n) is 6.36. The van der Waals surface area contributed by atoms with E-state index in [0.29, 0.717) is 5.69 Å². The zero-order valence-corrected chi connectivity index (χ0v) is 14.6. The van der Waals surface area contributed by atoms with Crippen LogP contribution in [0.25, 0.3) is 17.0 Å². The van der Waals surface area contributed by atoms with Crippen molar-refractivity contribution in [1.82, 2.24) is 10.3 Å². The zero-order valence-electron chi connectivity index (χ0n) is 14.6. The molecule has 1 amide bonds. The molecule has 25 heavy (non-hydrogen) atoms. The number of carbonyl (C=O) groups excluding carboxylic acids is 2. The summed E-state index contributed by atoms with van der Waals surface area (Å²) in [5.74, 6) is -0.499. The Hall–Kier alpha value is -2.89. The highest BCUT2D eigenvalue weighted by Crippen LogP contribution is 2.12. The van der Waals surface area contributed by atoms with Crippen LogP contribution in [0.1, 0.15) is 26.5 Å². The number of amides is 1. The van der Waals surface area contributed by atoms with Crippen LogP contribution < -0.4 is 5.32 Å². The Morgan fingerprint density at radius 1 is 1.16 bits per heavy atom. The maximum atomic E-state index is 11.7. The third kappa shape index (κ3) is 6.63. The third-order valence-electron chi connectivity index (χ3n) is 3.02. The van der Waals surface area contributed by atoms with Crippen LogP contribution in [0.3, 0.4) is 0 Å². The second kappa shape index (κ2) is 8.28. The summed E-state index contributed by atoms with van der Waals surface area (Å²) in [6.45, 7) is 5.57. The lowest BCUT2D eigenvalue weighted by Gasteiger charge is -2.19. The van der Waals surface area contributed by atoms with E-state index in [1.54, 1.807) is 26.8 Å². The van der Waals surface area contributed by atoms with Crippen molar-refractivity contribution < 1.29 is 19.1 Å². The van der Waals surface area contributed by atoms with Gasteiger partial charge in [-0.25, -0.2) is 14.6 Å². The number of alkyl carbamates (subject to hydrolysis) is 1. The largest absolute Gasteiger partial charge is 0.461 e. The van der Waals surface area contributed by atoms with Gasteiger partial charge >= 0.3 is 12.1 Å². The average molecular weight is 342 g/mol. The SMILES string of the molecule is CC(C)(C)OC(=O)NCCOC(=O)/C=C/c1ccc2ccccc2n1. The van der Waals surface area contributed by atoms with E-state index in [4.69, 9.17) is 9.47 Å². The molecule has 1 aromatic heterocycles. The highest BCUT2D eigenvalue weighted by atomic mass is 16.6. The van der Waals surface area contributed by atoms with Crippen molar-refractivity contribution in [2.24, 2.45) is 0 Å². The quantitative estimate of drug-likeness (QED) is 0.512. The molecule has 6 heteroatoms. The molecule has 0 aliphatic carbocycles. The van der Waals surface area contributed by atoms with Crippen molar-refractivity contribution >= 4 is 29.0 Å². The number of rotatable bonds is 5. The molecule has 1 N–H and O–H groups in total. The molecule has 2 aromatic rings. The molecule has 0 aliphatic rings. The van der Waals surface area contributed by atoms with Gasteiger partial charge in [0.15, 0.2) is 0 Å². The Morgan fingerprint density at radius 3 is 2.68 bits per heavy atom. The van der Waals surface area contributed by atoms with E-state index >= 15 is 0 Å². The molecule has 0 fully saturated rings. The summed E-state index contributed by atoms with van der Waals surface area (Å²) in [5, 5.41) is 3.55. The van der Waals surface area contributed by atoms with E-state index in [9.17, 15) is 9.59 Å². The number of fused-ring (bicyclic) bond motifs is 1. The molecule has 0 spiro atoms. The molecule has 6 nitrogen and oxygen atoms in total. The van der Waals surface area contributed by atoms with Crippen LogP contribution >= 0.6 is 0 Å². The predicted octanol–water partition coefficient (Wildman–Crippen LogP) is 3.32. The van der Waals surface area contributed by atoms with E-state index < -0.39 is 17.7 Å². The standard InChI is InChI=1S/C19H22N2O4/c1-19(2,3)25-18(23)20-12-13-24-17(22)11-10-15-9-8-14-6-4-5-7-16(14)21-15/h4-11H,12-13H2,1-3H3,(H,20,23)/b11-10+. The third-order valence-corrected chi connectivity index (χ3v) is 3.02. The van der Waals surface area contributed by atoms with Gasteiger partial charge < -0.3 is 14.8 Å². The van der Waals surface area contributed by atoms with E-state index in [1.165, 1.54) is 6.08 Å². The molecular formula is C19H22N2O4. The minimum atomic E-state index is -0.559. The molecule has 132 valence electrons. The van der Waals surface area contributed by atoms with Gasteiger partial charge in [0.2, 0.25) is 0 Å². The number of carbonyl (C=O) groups is 2. The second-order valence-corrected chi connectivity index (χ2v) is 6.36. The zero-order chi connectivity index (χ0) is 18.3. The van der Waals surface area contributed by atoms with Crippen LogP contribution in [-0.2, 0) is 14.3 Å². The fourth-order valence-electron chi connectivity index (χ4n) is 2.00. The molecule has 2 rings (SSSR count). The lowest BCUT2D eigenvalue weighted by atomic mass is 10.2. The highest BCUT2D eigenvalue weighted by Gasteiger charge is 2.15. The fourth-order valence-corrected chi connectivity index (χ4v) is 2.00. The Balaban J connectivity index is 1.75. The Kier molecular flexibility index (Phi) is 6.11. The van der Waals surface area contributed by atoms with Gasteiger partial charge in [-0.1, -0.05) is 24.3 Å². The van der Waals surface area contributed by atoms with E-state index in [2.05, 4.69) is 10.3 Å². The van der Waals surface area contributed by atoms with Crippen LogP contribution in [0.5, 0.6) is 0 Å². The summed E-state index contributed by atoms with van der Waals surface area (Å²) in [6.07, 6.45) is 2.36. The lowest BCUT2D eigenvalue weighted by molar-refractivity contribution is -0.137. The molecule has 0 aliphatic heterocycles. The summed E-state index contributed by atoms with van der Waals surface area (Å²) >= 11 is 0. The van der Waals surface area contributed by atoms with E-state index in [-0.39, 0.29) is 13.2 Å². The van der Waals surface area contributed by atoms with Crippen molar-refractivity contribution in [3.8, 4) is 0 Å². The molecule has 0 radical (unpaired) electrons. The first-order valence-corrected chi connectivity index (χ1v) is 8.01. The van der Waals surface area contributed by atoms with Crippen molar-refractivity contribution in [3.63, 3.8) is 0 Å². The van der Waals surface area contributed by atoms with Crippen LogP contribution in [0.4, 0.5) is 4.79 Å². The first-order chi connectivity index (χ1) is 11.8. The molecule has 1 aromatic carbocycles. The van der Waals surface area contributed by atoms with Crippen LogP contribution in [0.15, 0.2) is 42.5 Å². The number of ether oxygens (including phenoxy) is 2. The molecular weight excluding hydrogens is 320 g/mol. The molecule has 0 saturated heterocycles.